The van der Waals surface area contributed by atoms with Gasteiger partial charge in [0.05, 0.1) is 12.0 Å². The van der Waals surface area contributed by atoms with E-state index in [9.17, 15) is 4.79 Å². The van der Waals surface area contributed by atoms with E-state index >= 15 is 0 Å². The number of ether oxygens (including phenoxy) is 1. The van der Waals surface area contributed by atoms with Crippen LogP contribution in [-0.4, -0.2) is 27.6 Å². The number of imidazole rings is 1. The quantitative estimate of drug-likeness (QED) is 0.701. The van der Waals surface area contributed by atoms with Gasteiger partial charge in [-0.2, -0.15) is 0 Å². The van der Waals surface area contributed by atoms with Crippen molar-refractivity contribution in [2.45, 2.75) is 13.0 Å². The molecular formula is C16H15ClN4O2S. The Morgan fingerprint density at radius 3 is 2.92 bits per heavy atom. The maximum absolute atomic E-state index is 11.7. The van der Waals surface area contributed by atoms with Crippen molar-refractivity contribution in [1.29, 1.82) is 0 Å². The number of aromatic nitrogens is 3. The van der Waals surface area contributed by atoms with Gasteiger partial charge in [0.1, 0.15) is 11.6 Å². The fraction of sp³-hybridized carbons (Fsp3) is 0.188. The van der Waals surface area contributed by atoms with Gasteiger partial charge in [0.25, 0.3) is 0 Å². The van der Waals surface area contributed by atoms with Crippen molar-refractivity contribution < 1.29 is 9.53 Å². The van der Waals surface area contributed by atoms with E-state index in [1.165, 1.54) is 11.3 Å². The van der Waals surface area contributed by atoms with Crippen LogP contribution in [0.2, 0.25) is 5.02 Å². The van der Waals surface area contributed by atoms with Gasteiger partial charge in [0, 0.05) is 40.8 Å². The standard InChI is InChI=1S/C16H15ClN4O2S/c17-12-3-1-11(2-4-12)14-9-24-15(21-14)8-23-16(22)19-6-5-13-7-18-10-20-13/h1-4,7,9-10H,5-6,8H2,(H,18,20)(H,19,22). The topological polar surface area (TPSA) is 79.9 Å². The molecule has 0 aliphatic rings. The van der Waals surface area contributed by atoms with Crippen molar-refractivity contribution in [3.8, 4) is 11.3 Å². The fourth-order valence-corrected chi connectivity index (χ4v) is 2.87. The third kappa shape index (κ3) is 4.56. The second-order valence-electron chi connectivity index (χ2n) is 4.96. The number of alkyl carbamates (subject to hydrolysis) is 1. The second kappa shape index (κ2) is 7.94. The number of amides is 1. The third-order valence-electron chi connectivity index (χ3n) is 3.24. The predicted octanol–water partition coefficient (Wildman–Crippen LogP) is 3.66. The van der Waals surface area contributed by atoms with Gasteiger partial charge in [-0.05, 0) is 12.1 Å². The molecule has 6 nitrogen and oxygen atoms in total. The molecule has 0 atom stereocenters. The summed E-state index contributed by atoms with van der Waals surface area (Å²) in [5.41, 5.74) is 2.78. The molecule has 2 heterocycles. The van der Waals surface area contributed by atoms with Crippen LogP contribution < -0.4 is 5.32 Å². The first-order valence-electron chi connectivity index (χ1n) is 7.29. The number of halogens is 1. The molecule has 3 aromatic rings. The first-order valence-corrected chi connectivity index (χ1v) is 8.55. The minimum absolute atomic E-state index is 0.147. The van der Waals surface area contributed by atoms with E-state index in [1.807, 2.05) is 29.6 Å². The number of carbonyl (C=O) groups excluding carboxylic acids is 1. The summed E-state index contributed by atoms with van der Waals surface area (Å²) in [6.07, 6.45) is 3.54. The van der Waals surface area contributed by atoms with Gasteiger partial charge < -0.3 is 15.0 Å². The largest absolute Gasteiger partial charge is 0.442 e. The van der Waals surface area contributed by atoms with Crippen molar-refractivity contribution in [3.05, 3.63) is 57.9 Å². The monoisotopic (exact) mass is 362 g/mol. The maximum Gasteiger partial charge on any atom is 0.407 e. The Morgan fingerprint density at radius 1 is 1.33 bits per heavy atom. The highest BCUT2D eigenvalue weighted by Gasteiger charge is 2.08. The Bertz CT molecular complexity index is 787. The zero-order valence-electron chi connectivity index (χ0n) is 12.7. The molecule has 3 rings (SSSR count). The maximum atomic E-state index is 11.7. The summed E-state index contributed by atoms with van der Waals surface area (Å²) in [6.45, 7) is 0.628. The van der Waals surface area contributed by atoms with Crippen molar-refractivity contribution in [2.75, 3.05) is 6.54 Å². The molecule has 0 radical (unpaired) electrons. The van der Waals surface area contributed by atoms with Gasteiger partial charge >= 0.3 is 6.09 Å². The molecule has 1 aromatic carbocycles. The number of H-pyrrole nitrogens is 1. The van der Waals surface area contributed by atoms with Crippen molar-refractivity contribution in [3.63, 3.8) is 0 Å². The number of nitrogens with one attached hydrogen (secondary N) is 2. The molecule has 2 N–H and O–H groups in total. The number of nitrogens with zero attached hydrogens (tertiary/aromatic N) is 2. The summed E-state index contributed by atoms with van der Waals surface area (Å²) in [7, 11) is 0. The zero-order chi connectivity index (χ0) is 16.8. The molecule has 0 saturated heterocycles. The predicted molar refractivity (Wildman–Crippen MR) is 93.0 cm³/mol. The summed E-state index contributed by atoms with van der Waals surface area (Å²) in [5.74, 6) is 0. The van der Waals surface area contributed by atoms with Gasteiger partial charge in [0.2, 0.25) is 0 Å². The van der Waals surface area contributed by atoms with Crippen molar-refractivity contribution in [2.24, 2.45) is 0 Å². The Hall–Kier alpha value is -2.38. The normalized spacial score (nSPS) is 10.5. The van der Waals surface area contributed by atoms with E-state index < -0.39 is 6.09 Å². The zero-order valence-corrected chi connectivity index (χ0v) is 14.2. The highest BCUT2D eigenvalue weighted by molar-refractivity contribution is 7.09. The number of aromatic amines is 1. The number of hydrogen-bond acceptors (Lipinski definition) is 5. The SMILES string of the molecule is O=C(NCCc1cnc[nH]1)OCc1nc(-c2ccc(Cl)cc2)cs1. The van der Waals surface area contributed by atoms with E-state index in [4.69, 9.17) is 16.3 Å². The molecule has 2 aromatic heterocycles. The molecule has 124 valence electrons. The number of benzene rings is 1. The fourth-order valence-electron chi connectivity index (χ4n) is 2.03. The van der Waals surface area contributed by atoms with Crippen LogP contribution >= 0.6 is 22.9 Å². The lowest BCUT2D eigenvalue weighted by atomic mass is 10.2. The van der Waals surface area contributed by atoms with Crippen LogP contribution in [0.3, 0.4) is 0 Å². The first-order chi connectivity index (χ1) is 11.7. The van der Waals surface area contributed by atoms with Crippen LogP contribution in [0.5, 0.6) is 0 Å². The lowest BCUT2D eigenvalue weighted by Gasteiger charge is -2.04. The Labute approximate surface area is 147 Å². The molecule has 0 saturated carbocycles. The highest BCUT2D eigenvalue weighted by atomic mass is 35.5. The molecule has 0 spiro atoms. The molecule has 1 amide bonds. The molecule has 24 heavy (non-hydrogen) atoms. The van der Waals surface area contributed by atoms with Gasteiger partial charge in [-0.25, -0.2) is 14.8 Å². The molecule has 0 bridgehead atoms. The first kappa shape index (κ1) is 16.5. The van der Waals surface area contributed by atoms with E-state index in [0.29, 0.717) is 18.0 Å². The van der Waals surface area contributed by atoms with E-state index in [2.05, 4.69) is 20.3 Å². The molecule has 0 unspecified atom stereocenters. The highest BCUT2D eigenvalue weighted by Crippen LogP contribution is 2.23. The van der Waals surface area contributed by atoms with Gasteiger partial charge in [-0.15, -0.1) is 11.3 Å². The Morgan fingerprint density at radius 2 is 2.17 bits per heavy atom. The Kier molecular flexibility index (Phi) is 5.45. The third-order valence-corrected chi connectivity index (χ3v) is 4.31. The van der Waals surface area contributed by atoms with E-state index in [0.717, 1.165) is 22.0 Å². The Balaban J connectivity index is 1.44. The molecular weight excluding hydrogens is 348 g/mol. The van der Waals surface area contributed by atoms with Crippen LogP contribution in [0.1, 0.15) is 10.7 Å². The van der Waals surface area contributed by atoms with E-state index in [-0.39, 0.29) is 6.61 Å². The summed E-state index contributed by atoms with van der Waals surface area (Å²) >= 11 is 7.33. The average molecular weight is 363 g/mol. The van der Waals surface area contributed by atoms with Gasteiger partial charge in [-0.3, -0.25) is 0 Å². The molecule has 0 aliphatic carbocycles. The van der Waals surface area contributed by atoms with Crippen LogP contribution in [0.25, 0.3) is 11.3 Å². The molecule has 0 aliphatic heterocycles. The van der Waals surface area contributed by atoms with Gasteiger partial charge in [-0.1, -0.05) is 23.7 Å². The van der Waals surface area contributed by atoms with Crippen LogP contribution in [0.15, 0.2) is 42.2 Å². The second-order valence-corrected chi connectivity index (χ2v) is 6.34. The molecule has 0 fully saturated rings. The van der Waals surface area contributed by atoms with E-state index in [1.54, 1.807) is 12.5 Å². The number of carbonyl (C=O) groups is 1. The molecule has 8 heteroatoms. The lowest BCUT2D eigenvalue weighted by molar-refractivity contribution is 0.139. The van der Waals surface area contributed by atoms with Gasteiger partial charge in [0.15, 0.2) is 0 Å². The van der Waals surface area contributed by atoms with Crippen molar-refractivity contribution in [1.82, 2.24) is 20.3 Å². The van der Waals surface area contributed by atoms with Crippen molar-refractivity contribution >= 4 is 29.0 Å². The van der Waals surface area contributed by atoms with Crippen LogP contribution in [0, 0.1) is 0 Å². The average Bonchev–Trinajstić information content (AvgIpc) is 3.25. The summed E-state index contributed by atoms with van der Waals surface area (Å²) in [6, 6.07) is 7.45. The number of rotatable bonds is 6. The lowest BCUT2D eigenvalue weighted by Crippen LogP contribution is -2.26. The summed E-state index contributed by atoms with van der Waals surface area (Å²) in [4.78, 5) is 23.0. The summed E-state index contributed by atoms with van der Waals surface area (Å²) in [5, 5.41) is 6.04. The number of thiazole rings is 1. The minimum Gasteiger partial charge on any atom is -0.442 e. The minimum atomic E-state index is -0.460. The smallest absolute Gasteiger partial charge is 0.407 e. The van der Waals surface area contributed by atoms with Crippen LogP contribution in [-0.2, 0) is 17.8 Å². The summed E-state index contributed by atoms with van der Waals surface area (Å²) < 4.78 is 5.17. The number of hydrogen-bond donors (Lipinski definition) is 2. The van der Waals surface area contributed by atoms with Crippen LogP contribution in [0.4, 0.5) is 4.79 Å².